The maximum absolute atomic E-state index is 5.57. The molecule has 0 saturated heterocycles. The van der Waals surface area contributed by atoms with Crippen LogP contribution in [0.1, 0.15) is 5.69 Å². The highest BCUT2D eigenvalue weighted by Crippen LogP contribution is 2.18. The van der Waals surface area contributed by atoms with E-state index in [1.165, 1.54) is 0 Å². The van der Waals surface area contributed by atoms with Gasteiger partial charge in [-0.3, -0.25) is 4.68 Å². The van der Waals surface area contributed by atoms with Crippen LogP contribution >= 0.6 is 0 Å². The molecule has 0 fully saturated rings. The number of rotatable bonds is 1. The summed E-state index contributed by atoms with van der Waals surface area (Å²) in [5.74, 6) is 1.09. The number of hydrogen-bond acceptors (Lipinski definition) is 4. The summed E-state index contributed by atoms with van der Waals surface area (Å²) in [6.07, 6.45) is 3.38. The lowest BCUT2D eigenvalue weighted by molar-refractivity contribution is 0.740. The molecule has 72 valence electrons. The van der Waals surface area contributed by atoms with Crippen LogP contribution in [0.15, 0.2) is 18.5 Å². The Kier molecular flexibility index (Phi) is 1.92. The van der Waals surface area contributed by atoms with Gasteiger partial charge in [0.05, 0.1) is 11.8 Å². The van der Waals surface area contributed by atoms with Gasteiger partial charge in [-0.15, -0.1) is 0 Å². The molecule has 0 saturated carbocycles. The van der Waals surface area contributed by atoms with E-state index in [1.54, 1.807) is 23.1 Å². The molecule has 2 aromatic rings. The quantitative estimate of drug-likeness (QED) is 0.719. The maximum Gasteiger partial charge on any atom is 0.164 e. The predicted molar refractivity (Wildman–Crippen MR) is 53.4 cm³/mol. The molecular weight excluding hydrogens is 178 g/mol. The number of nitrogens with two attached hydrogens (primary N) is 1. The summed E-state index contributed by atoms with van der Waals surface area (Å²) >= 11 is 0. The van der Waals surface area contributed by atoms with E-state index in [0.717, 1.165) is 11.3 Å². The fourth-order valence-corrected chi connectivity index (χ4v) is 1.22. The van der Waals surface area contributed by atoms with Crippen LogP contribution in [0.4, 0.5) is 5.82 Å². The molecule has 0 aliphatic heterocycles. The summed E-state index contributed by atoms with van der Waals surface area (Å²) in [6.45, 7) is 1.97. The van der Waals surface area contributed by atoms with Gasteiger partial charge < -0.3 is 5.73 Å². The zero-order valence-electron chi connectivity index (χ0n) is 8.10. The third-order valence-electron chi connectivity index (χ3n) is 2.15. The Balaban J connectivity index is 2.55. The number of nitrogens with zero attached hydrogens (tertiary/aromatic N) is 4. The molecule has 0 aliphatic rings. The molecule has 0 radical (unpaired) electrons. The molecule has 2 N–H and O–H groups in total. The van der Waals surface area contributed by atoms with Gasteiger partial charge in [0.1, 0.15) is 5.82 Å². The highest BCUT2D eigenvalue weighted by atomic mass is 15.3. The van der Waals surface area contributed by atoms with Crippen LogP contribution in [0.25, 0.3) is 11.4 Å². The summed E-state index contributed by atoms with van der Waals surface area (Å²) in [5.41, 5.74) is 7.51. The largest absolute Gasteiger partial charge is 0.384 e. The third kappa shape index (κ3) is 1.32. The number of anilines is 1. The van der Waals surface area contributed by atoms with Crippen molar-refractivity contribution in [3.05, 3.63) is 24.2 Å². The highest BCUT2D eigenvalue weighted by molar-refractivity contribution is 5.58. The molecule has 2 rings (SSSR count). The molecule has 0 amide bonds. The summed E-state index contributed by atoms with van der Waals surface area (Å²) in [5, 5.41) is 4.12. The molecule has 0 spiro atoms. The fraction of sp³-hybridized carbons (Fsp3) is 0.222. The van der Waals surface area contributed by atoms with Crippen molar-refractivity contribution in [2.24, 2.45) is 7.05 Å². The summed E-state index contributed by atoms with van der Waals surface area (Å²) in [4.78, 5) is 8.27. The number of aromatic nitrogens is 4. The fourth-order valence-electron chi connectivity index (χ4n) is 1.22. The van der Waals surface area contributed by atoms with Crippen molar-refractivity contribution in [3.63, 3.8) is 0 Å². The van der Waals surface area contributed by atoms with Crippen molar-refractivity contribution in [1.29, 1.82) is 0 Å². The van der Waals surface area contributed by atoms with E-state index in [-0.39, 0.29) is 0 Å². The van der Waals surface area contributed by atoms with Crippen LogP contribution in [0.3, 0.4) is 0 Å². The van der Waals surface area contributed by atoms with E-state index >= 15 is 0 Å². The van der Waals surface area contributed by atoms with E-state index in [4.69, 9.17) is 5.73 Å². The highest BCUT2D eigenvalue weighted by Gasteiger charge is 2.08. The zero-order valence-corrected chi connectivity index (χ0v) is 8.10. The van der Waals surface area contributed by atoms with E-state index < -0.39 is 0 Å². The van der Waals surface area contributed by atoms with Gasteiger partial charge in [0, 0.05) is 18.9 Å². The van der Waals surface area contributed by atoms with E-state index in [9.17, 15) is 0 Å². The van der Waals surface area contributed by atoms with Gasteiger partial charge >= 0.3 is 0 Å². The Hall–Kier alpha value is -1.91. The van der Waals surface area contributed by atoms with Gasteiger partial charge in [-0.05, 0) is 13.0 Å². The van der Waals surface area contributed by atoms with Crippen molar-refractivity contribution in [1.82, 2.24) is 19.7 Å². The van der Waals surface area contributed by atoms with E-state index in [2.05, 4.69) is 15.1 Å². The SMILES string of the molecule is Cc1c(-c2nccc(N)n2)cnn1C. The van der Waals surface area contributed by atoms with Crippen molar-refractivity contribution in [3.8, 4) is 11.4 Å². The number of nitrogen functional groups attached to an aromatic ring is 1. The minimum atomic E-state index is 0.471. The molecule has 5 heteroatoms. The second kappa shape index (κ2) is 3.10. The second-order valence-corrected chi connectivity index (χ2v) is 3.07. The normalized spacial score (nSPS) is 10.4. The monoisotopic (exact) mass is 189 g/mol. The average Bonchev–Trinajstić information content (AvgIpc) is 2.48. The van der Waals surface area contributed by atoms with Gasteiger partial charge in [-0.25, -0.2) is 9.97 Å². The first-order valence-corrected chi connectivity index (χ1v) is 4.26. The van der Waals surface area contributed by atoms with Crippen molar-refractivity contribution in [2.45, 2.75) is 6.92 Å². The minimum Gasteiger partial charge on any atom is -0.384 e. The Morgan fingerprint density at radius 1 is 1.43 bits per heavy atom. The number of hydrogen-bond donors (Lipinski definition) is 1. The van der Waals surface area contributed by atoms with Crippen LogP contribution in [0.2, 0.25) is 0 Å². The average molecular weight is 189 g/mol. The molecule has 2 aromatic heterocycles. The molecule has 0 bridgehead atoms. The number of aryl methyl sites for hydroxylation is 1. The summed E-state index contributed by atoms with van der Waals surface area (Å²) < 4.78 is 1.78. The molecule has 2 heterocycles. The Morgan fingerprint density at radius 2 is 2.21 bits per heavy atom. The van der Waals surface area contributed by atoms with Crippen LogP contribution < -0.4 is 5.73 Å². The van der Waals surface area contributed by atoms with Crippen LogP contribution in [0.5, 0.6) is 0 Å². The van der Waals surface area contributed by atoms with Crippen LogP contribution in [0, 0.1) is 6.92 Å². The molecule has 0 unspecified atom stereocenters. The lowest BCUT2D eigenvalue weighted by Crippen LogP contribution is -1.96. The van der Waals surface area contributed by atoms with Gasteiger partial charge in [0.25, 0.3) is 0 Å². The van der Waals surface area contributed by atoms with Gasteiger partial charge in [0.2, 0.25) is 0 Å². The molecule has 14 heavy (non-hydrogen) atoms. The van der Waals surface area contributed by atoms with Crippen molar-refractivity contribution < 1.29 is 0 Å². The minimum absolute atomic E-state index is 0.471. The van der Waals surface area contributed by atoms with Crippen molar-refractivity contribution >= 4 is 5.82 Å². The Labute approximate surface area is 81.6 Å². The Morgan fingerprint density at radius 3 is 2.79 bits per heavy atom. The van der Waals surface area contributed by atoms with E-state index in [0.29, 0.717) is 11.6 Å². The summed E-state index contributed by atoms with van der Waals surface area (Å²) in [6, 6.07) is 1.66. The van der Waals surface area contributed by atoms with Gasteiger partial charge in [-0.1, -0.05) is 0 Å². The molecule has 0 aromatic carbocycles. The van der Waals surface area contributed by atoms with Crippen LogP contribution in [-0.4, -0.2) is 19.7 Å². The van der Waals surface area contributed by atoms with Gasteiger partial charge in [-0.2, -0.15) is 5.10 Å². The first-order chi connectivity index (χ1) is 6.68. The third-order valence-corrected chi connectivity index (χ3v) is 2.15. The second-order valence-electron chi connectivity index (χ2n) is 3.07. The summed E-state index contributed by atoms with van der Waals surface area (Å²) in [7, 11) is 1.88. The Bertz CT molecular complexity index is 460. The predicted octanol–water partition coefficient (Wildman–Crippen LogP) is 0.768. The molecular formula is C9H11N5. The first-order valence-electron chi connectivity index (χ1n) is 4.26. The van der Waals surface area contributed by atoms with E-state index in [1.807, 2.05) is 14.0 Å². The smallest absolute Gasteiger partial charge is 0.164 e. The molecule has 5 nitrogen and oxygen atoms in total. The molecule has 0 aliphatic carbocycles. The lowest BCUT2D eigenvalue weighted by atomic mass is 10.2. The van der Waals surface area contributed by atoms with Crippen LogP contribution in [-0.2, 0) is 7.05 Å². The van der Waals surface area contributed by atoms with Crippen molar-refractivity contribution in [2.75, 3.05) is 5.73 Å². The molecule has 0 atom stereocenters. The van der Waals surface area contributed by atoms with Gasteiger partial charge in [0.15, 0.2) is 5.82 Å². The lowest BCUT2D eigenvalue weighted by Gasteiger charge is -1.99. The first kappa shape index (κ1) is 8.68. The maximum atomic E-state index is 5.57. The topological polar surface area (TPSA) is 69.6 Å². The zero-order chi connectivity index (χ0) is 10.1. The standard InChI is InChI=1S/C9H11N5/c1-6-7(5-12-14(6)2)9-11-4-3-8(10)13-9/h3-5H,1-2H3,(H2,10,11,13).